The number of hydrogen-bond acceptors (Lipinski definition) is 5. The van der Waals surface area contributed by atoms with Crippen LogP contribution in [0.3, 0.4) is 0 Å². The van der Waals surface area contributed by atoms with E-state index in [1.165, 1.54) is 17.5 Å². The van der Waals surface area contributed by atoms with Gasteiger partial charge < -0.3 is 14.8 Å². The third-order valence-corrected chi connectivity index (χ3v) is 6.63. The van der Waals surface area contributed by atoms with Crippen molar-refractivity contribution >= 4 is 21.6 Å². The van der Waals surface area contributed by atoms with Gasteiger partial charge in [0.15, 0.2) is 0 Å². The molecule has 1 aliphatic rings. The molecule has 0 aromatic heterocycles. The van der Waals surface area contributed by atoms with Crippen molar-refractivity contribution in [2.45, 2.75) is 24.2 Å². The first-order valence-electron chi connectivity index (χ1n) is 9.09. The van der Waals surface area contributed by atoms with E-state index in [2.05, 4.69) is 5.32 Å². The number of carbonyl (C=O) groups is 1. The Kier molecular flexibility index (Phi) is 6.21. The van der Waals surface area contributed by atoms with Crippen LogP contribution in [0.25, 0.3) is 0 Å². The summed E-state index contributed by atoms with van der Waals surface area (Å²) in [7, 11) is -0.713. The highest BCUT2D eigenvalue weighted by atomic mass is 32.2. The zero-order valence-electron chi connectivity index (χ0n) is 16.0. The maximum absolute atomic E-state index is 13.1. The molecular weight excluding hydrogens is 380 g/mol. The minimum Gasteiger partial charge on any atom is -0.497 e. The lowest BCUT2D eigenvalue weighted by Gasteiger charge is -2.26. The summed E-state index contributed by atoms with van der Waals surface area (Å²) in [6, 6.07) is 11.3. The summed E-state index contributed by atoms with van der Waals surface area (Å²) < 4.78 is 38.0. The molecular formula is C20H24N2O5S. The van der Waals surface area contributed by atoms with Crippen molar-refractivity contribution in [1.29, 1.82) is 0 Å². The van der Waals surface area contributed by atoms with E-state index >= 15 is 0 Å². The monoisotopic (exact) mass is 404 g/mol. The van der Waals surface area contributed by atoms with Gasteiger partial charge in [0.1, 0.15) is 16.4 Å². The molecule has 28 heavy (non-hydrogen) atoms. The van der Waals surface area contributed by atoms with Crippen LogP contribution in [-0.4, -0.2) is 45.9 Å². The molecule has 150 valence electrons. The van der Waals surface area contributed by atoms with Gasteiger partial charge in [-0.2, -0.15) is 4.31 Å². The maximum Gasteiger partial charge on any atom is 0.255 e. The molecule has 1 saturated heterocycles. The van der Waals surface area contributed by atoms with E-state index < -0.39 is 10.0 Å². The minimum atomic E-state index is -3.70. The standard InChI is InChI=1S/C20H24N2O5S/c1-26-17-9-6-15(7-10-17)20(23)21-16-8-11-18(27-2)19(14-16)28(24,25)22-12-4-3-5-13-22/h6-11,14H,3-5,12-13H2,1-2H3,(H,21,23). The Morgan fingerprint density at radius 2 is 1.64 bits per heavy atom. The average molecular weight is 404 g/mol. The second-order valence-corrected chi connectivity index (χ2v) is 8.42. The number of amides is 1. The molecule has 3 rings (SSSR count). The maximum atomic E-state index is 13.1. The van der Waals surface area contributed by atoms with E-state index in [0.717, 1.165) is 19.3 Å². The van der Waals surface area contributed by atoms with E-state index in [1.54, 1.807) is 43.5 Å². The number of sulfonamides is 1. The highest BCUT2D eigenvalue weighted by Crippen LogP contribution is 2.31. The van der Waals surface area contributed by atoms with Crippen LogP contribution in [0, 0.1) is 0 Å². The van der Waals surface area contributed by atoms with Gasteiger partial charge >= 0.3 is 0 Å². The molecule has 0 spiro atoms. The molecule has 1 fully saturated rings. The van der Waals surface area contributed by atoms with Crippen molar-refractivity contribution in [3.8, 4) is 11.5 Å². The van der Waals surface area contributed by atoms with Crippen molar-refractivity contribution in [3.63, 3.8) is 0 Å². The molecule has 0 unspecified atom stereocenters. The van der Waals surface area contributed by atoms with Crippen LogP contribution in [0.4, 0.5) is 5.69 Å². The normalized spacial score (nSPS) is 15.1. The Bertz CT molecular complexity index is 936. The fourth-order valence-electron chi connectivity index (χ4n) is 3.15. The fraction of sp³-hybridized carbons (Fsp3) is 0.350. The molecule has 8 heteroatoms. The molecule has 1 aliphatic heterocycles. The topological polar surface area (TPSA) is 84.9 Å². The zero-order valence-corrected chi connectivity index (χ0v) is 16.8. The van der Waals surface area contributed by atoms with Gasteiger partial charge in [-0.1, -0.05) is 6.42 Å². The van der Waals surface area contributed by atoms with Gasteiger partial charge in [0.05, 0.1) is 14.2 Å². The minimum absolute atomic E-state index is 0.0597. The SMILES string of the molecule is COc1ccc(C(=O)Nc2ccc(OC)c(S(=O)(=O)N3CCCCC3)c2)cc1. The number of piperidine rings is 1. The second-order valence-electron chi connectivity index (χ2n) is 6.51. The largest absolute Gasteiger partial charge is 0.497 e. The summed E-state index contributed by atoms with van der Waals surface area (Å²) in [5.41, 5.74) is 0.828. The smallest absolute Gasteiger partial charge is 0.255 e. The lowest BCUT2D eigenvalue weighted by Crippen LogP contribution is -2.35. The summed E-state index contributed by atoms with van der Waals surface area (Å²) in [6.07, 6.45) is 2.71. The van der Waals surface area contributed by atoms with E-state index in [9.17, 15) is 13.2 Å². The number of methoxy groups -OCH3 is 2. The quantitative estimate of drug-likeness (QED) is 0.800. The molecule has 2 aromatic carbocycles. The summed E-state index contributed by atoms with van der Waals surface area (Å²) in [5, 5.41) is 2.74. The molecule has 0 atom stereocenters. The van der Waals surface area contributed by atoms with Crippen molar-refractivity contribution in [2.75, 3.05) is 32.6 Å². The van der Waals surface area contributed by atoms with Gasteiger partial charge in [0.2, 0.25) is 10.0 Å². The number of hydrogen-bond donors (Lipinski definition) is 1. The van der Waals surface area contributed by atoms with Crippen molar-refractivity contribution < 1.29 is 22.7 Å². The van der Waals surface area contributed by atoms with Gasteiger partial charge in [0, 0.05) is 24.3 Å². The molecule has 0 bridgehead atoms. The van der Waals surface area contributed by atoms with Gasteiger partial charge in [-0.25, -0.2) is 8.42 Å². The highest BCUT2D eigenvalue weighted by Gasteiger charge is 2.29. The van der Waals surface area contributed by atoms with Crippen LogP contribution in [0.2, 0.25) is 0 Å². The molecule has 2 aromatic rings. The summed E-state index contributed by atoms with van der Waals surface area (Å²) in [5.74, 6) is 0.568. The highest BCUT2D eigenvalue weighted by molar-refractivity contribution is 7.89. The summed E-state index contributed by atoms with van der Waals surface area (Å²) in [6.45, 7) is 0.988. The predicted octanol–water partition coefficient (Wildman–Crippen LogP) is 3.13. The van der Waals surface area contributed by atoms with Crippen LogP contribution in [-0.2, 0) is 10.0 Å². The number of anilines is 1. The Morgan fingerprint density at radius 3 is 2.25 bits per heavy atom. The van der Waals surface area contributed by atoms with Gasteiger partial charge in [-0.15, -0.1) is 0 Å². The van der Waals surface area contributed by atoms with E-state index in [1.807, 2.05) is 0 Å². The van der Waals surface area contributed by atoms with Gasteiger partial charge in [-0.05, 0) is 55.3 Å². The zero-order chi connectivity index (χ0) is 20.1. The van der Waals surface area contributed by atoms with Crippen LogP contribution >= 0.6 is 0 Å². The Balaban J connectivity index is 1.86. The number of nitrogens with zero attached hydrogens (tertiary/aromatic N) is 1. The first-order valence-corrected chi connectivity index (χ1v) is 10.5. The van der Waals surface area contributed by atoms with Crippen LogP contribution in [0.1, 0.15) is 29.6 Å². The molecule has 1 amide bonds. The number of carbonyl (C=O) groups excluding carboxylic acids is 1. The number of ether oxygens (including phenoxy) is 2. The average Bonchev–Trinajstić information content (AvgIpc) is 2.74. The molecule has 0 radical (unpaired) electrons. The fourth-order valence-corrected chi connectivity index (χ4v) is 4.84. The lowest BCUT2D eigenvalue weighted by atomic mass is 10.2. The first kappa shape index (κ1) is 20.2. The van der Waals surface area contributed by atoms with E-state index in [0.29, 0.717) is 30.1 Å². The van der Waals surface area contributed by atoms with Gasteiger partial charge in [-0.3, -0.25) is 4.79 Å². The van der Waals surface area contributed by atoms with Crippen molar-refractivity contribution in [1.82, 2.24) is 4.31 Å². The number of benzene rings is 2. The van der Waals surface area contributed by atoms with Crippen LogP contribution in [0.15, 0.2) is 47.4 Å². The number of rotatable bonds is 6. The third kappa shape index (κ3) is 4.28. The predicted molar refractivity (Wildman–Crippen MR) is 107 cm³/mol. The molecule has 0 saturated carbocycles. The molecule has 1 N–H and O–H groups in total. The molecule has 0 aliphatic carbocycles. The lowest BCUT2D eigenvalue weighted by molar-refractivity contribution is 0.102. The third-order valence-electron chi connectivity index (χ3n) is 4.71. The first-order chi connectivity index (χ1) is 13.5. The van der Waals surface area contributed by atoms with Crippen molar-refractivity contribution in [3.05, 3.63) is 48.0 Å². The van der Waals surface area contributed by atoms with Crippen LogP contribution < -0.4 is 14.8 Å². The van der Waals surface area contributed by atoms with Crippen molar-refractivity contribution in [2.24, 2.45) is 0 Å². The Morgan fingerprint density at radius 1 is 0.964 bits per heavy atom. The summed E-state index contributed by atoms with van der Waals surface area (Å²) >= 11 is 0. The van der Waals surface area contributed by atoms with E-state index in [-0.39, 0.29) is 16.6 Å². The molecule has 7 nitrogen and oxygen atoms in total. The number of nitrogens with one attached hydrogen (secondary N) is 1. The van der Waals surface area contributed by atoms with Crippen LogP contribution in [0.5, 0.6) is 11.5 Å². The second kappa shape index (κ2) is 8.62. The Labute approximate surface area is 165 Å². The molecule has 1 heterocycles. The summed E-state index contributed by atoms with van der Waals surface area (Å²) in [4.78, 5) is 12.5. The van der Waals surface area contributed by atoms with Gasteiger partial charge in [0.25, 0.3) is 5.91 Å². The Hall–Kier alpha value is -2.58. The van der Waals surface area contributed by atoms with E-state index in [4.69, 9.17) is 9.47 Å².